The number of allylic oxidation sites excluding steroid dienone is 16. The Labute approximate surface area is 387 Å². The minimum Gasteiger partial charge on any atom is -0.462 e. The molecule has 0 aromatic rings. The Hall–Kier alpha value is -3.67. The first-order valence-electron chi connectivity index (χ1n) is 25.8. The third-order valence-corrected chi connectivity index (χ3v) is 10.7. The molecule has 6 nitrogen and oxygen atoms in total. The summed E-state index contributed by atoms with van der Waals surface area (Å²) in [6.45, 7) is 6.39. The predicted octanol–water partition coefficient (Wildman–Crippen LogP) is 17.0. The highest BCUT2D eigenvalue weighted by atomic mass is 16.6. The van der Waals surface area contributed by atoms with Crippen LogP contribution >= 0.6 is 0 Å². The minimum atomic E-state index is -0.819. The third-order valence-electron chi connectivity index (χ3n) is 10.7. The summed E-state index contributed by atoms with van der Waals surface area (Å²) in [5, 5.41) is 0. The van der Waals surface area contributed by atoms with Crippen molar-refractivity contribution in [1.29, 1.82) is 0 Å². The quantitative estimate of drug-likeness (QED) is 0.0262. The lowest BCUT2D eigenvalue weighted by Crippen LogP contribution is -2.30. The molecule has 0 aromatic heterocycles. The van der Waals surface area contributed by atoms with Crippen LogP contribution in [0.25, 0.3) is 0 Å². The fourth-order valence-corrected chi connectivity index (χ4v) is 6.79. The van der Waals surface area contributed by atoms with Crippen molar-refractivity contribution in [3.05, 3.63) is 97.2 Å². The molecule has 0 saturated carbocycles. The van der Waals surface area contributed by atoms with Gasteiger partial charge in [0, 0.05) is 19.3 Å². The van der Waals surface area contributed by atoms with Crippen LogP contribution in [-0.2, 0) is 28.6 Å². The average molecular weight is 875 g/mol. The lowest BCUT2D eigenvalue weighted by atomic mass is 10.1. The van der Waals surface area contributed by atoms with Crippen molar-refractivity contribution in [1.82, 2.24) is 0 Å². The molecule has 0 heterocycles. The average Bonchev–Trinajstić information content (AvgIpc) is 3.28. The second-order valence-corrected chi connectivity index (χ2v) is 16.8. The second kappa shape index (κ2) is 51.0. The Morgan fingerprint density at radius 2 is 0.619 bits per heavy atom. The van der Waals surface area contributed by atoms with Gasteiger partial charge in [-0.2, -0.15) is 0 Å². The van der Waals surface area contributed by atoms with E-state index in [4.69, 9.17) is 14.2 Å². The van der Waals surface area contributed by atoms with E-state index in [1.54, 1.807) is 0 Å². The van der Waals surface area contributed by atoms with E-state index in [1.807, 2.05) is 36.5 Å². The SMILES string of the molecule is CC/C=C/C=C/C=C/C=C/CCCCCC(=O)OCC(COC(=O)CCCCC/C=C/C=C/CCCCCCCCC)OC(=O)CCCCC/C=C/C=C/CCCCCCCCC. The highest BCUT2D eigenvalue weighted by molar-refractivity contribution is 5.71. The van der Waals surface area contributed by atoms with Crippen molar-refractivity contribution in [2.24, 2.45) is 0 Å². The number of carbonyl (C=O) groups is 3. The summed E-state index contributed by atoms with van der Waals surface area (Å²) >= 11 is 0. The number of unbranched alkanes of at least 4 members (excludes halogenated alkanes) is 23. The van der Waals surface area contributed by atoms with Crippen molar-refractivity contribution < 1.29 is 28.6 Å². The first-order valence-corrected chi connectivity index (χ1v) is 25.8. The molecule has 0 N–H and O–H groups in total. The van der Waals surface area contributed by atoms with Gasteiger partial charge in [-0.25, -0.2) is 0 Å². The summed E-state index contributed by atoms with van der Waals surface area (Å²) in [6.07, 6.45) is 66.8. The van der Waals surface area contributed by atoms with Crippen LogP contribution in [0.4, 0.5) is 0 Å². The van der Waals surface area contributed by atoms with E-state index in [0.717, 1.165) is 96.3 Å². The maximum atomic E-state index is 12.8. The molecule has 0 aliphatic rings. The van der Waals surface area contributed by atoms with E-state index in [9.17, 15) is 14.4 Å². The van der Waals surface area contributed by atoms with Gasteiger partial charge in [0.2, 0.25) is 0 Å². The molecule has 0 rings (SSSR count). The number of ether oxygens (including phenoxy) is 3. The van der Waals surface area contributed by atoms with Crippen LogP contribution in [0.15, 0.2) is 97.2 Å². The van der Waals surface area contributed by atoms with Gasteiger partial charge in [0.05, 0.1) is 0 Å². The molecule has 0 bridgehead atoms. The molecule has 358 valence electrons. The van der Waals surface area contributed by atoms with Crippen molar-refractivity contribution in [2.45, 2.75) is 232 Å². The Morgan fingerprint density at radius 1 is 0.333 bits per heavy atom. The molecule has 1 unspecified atom stereocenters. The van der Waals surface area contributed by atoms with Crippen LogP contribution in [0.2, 0.25) is 0 Å². The zero-order chi connectivity index (χ0) is 45.8. The van der Waals surface area contributed by atoms with Gasteiger partial charge in [-0.15, -0.1) is 0 Å². The molecule has 0 amide bonds. The van der Waals surface area contributed by atoms with Gasteiger partial charge in [0.15, 0.2) is 6.10 Å². The highest BCUT2D eigenvalue weighted by Crippen LogP contribution is 2.12. The molecule has 0 radical (unpaired) electrons. The number of hydrogen-bond donors (Lipinski definition) is 0. The molecule has 1 atom stereocenters. The van der Waals surface area contributed by atoms with E-state index >= 15 is 0 Å². The van der Waals surface area contributed by atoms with Gasteiger partial charge in [-0.3, -0.25) is 14.4 Å². The second-order valence-electron chi connectivity index (χ2n) is 16.8. The predicted molar refractivity (Wildman–Crippen MR) is 270 cm³/mol. The molecule has 0 aliphatic heterocycles. The molecule has 0 aliphatic carbocycles. The largest absolute Gasteiger partial charge is 0.462 e. The number of esters is 3. The topological polar surface area (TPSA) is 78.9 Å². The minimum absolute atomic E-state index is 0.116. The molecule has 0 aromatic carbocycles. The summed E-state index contributed by atoms with van der Waals surface area (Å²) in [5.41, 5.74) is 0. The maximum absolute atomic E-state index is 12.8. The van der Waals surface area contributed by atoms with Gasteiger partial charge in [-0.05, 0) is 89.9 Å². The fraction of sp³-hybridized carbons (Fsp3) is 0.667. The molecule has 0 saturated heterocycles. The van der Waals surface area contributed by atoms with E-state index < -0.39 is 6.10 Å². The molecule has 6 heteroatoms. The summed E-state index contributed by atoms with van der Waals surface area (Å²) in [6, 6.07) is 0. The standard InChI is InChI=1S/C57H94O6/c1-4-7-10-13-16-19-22-25-27-29-32-35-38-41-44-47-50-56(59)62-53-54(52-61-55(58)49-46-43-40-37-34-31-24-21-18-15-12-9-6-3)63-57(60)51-48-45-42-39-36-33-30-28-26-23-20-17-14-11-8-5-2/h9,12,15,18,21,24,27-36,54H,4-8,10-11,13-14,16-17,19-20,22-23,25-26,37-53H2,1-3H3/b12-9+,18-15+,24-21+,29-27+,30-28+,34-31+,35-32+,36-33+. The molecule has 63 heavy (non-hydrogen) atoms. The van der Waals surface area contributed by atoms with Crippen LogP contribution < -0.4 is 0 Å². The van der Waals surface area contributed by atoms with Crippen LogP contribution in [0, 0.1) is 0 Å². The normalized spacial score (nSPS) is 12.9. The Bertz CT molecular complexity index is 1280. The summed E-state index contributed by atoms with van der Waals surface area (Å²) < 4.78 is 16.7. The summed E-state index contributed by atoms with van der Waals surface area (Å²) in [7, 11) is 0. The lowest BCUT2D eigenvalue weighted by Gasteiger charge is -2.18. The number of carbonyl (C=O) groups excluding carboxylic acids is 3. The maximum Gasteiger partial charge on any atom is 0.306 e. The van der Waals surface area contributed by atoms with Crippen LogP contribution in [0.1, 0.15) is 226 Å². The molecular formula is C57H94O6. The van der Waals surface area contributed by atoms with E-state index in [2.05, 4.69) is 81.5 Å². The Balaban J connectivity index is 4.54. The van der Waals surface area contributed by atoms with E-state index in [0.29, 0.717) is 12.8 Å². The molecule has 0 fully saturated rings. The third kappa shape index (κ3) is 49.2. The summed E-state index contributed by atoms with van der Waals surface area (Å²) in [4.78, 5) is 37.9. The number of hydrogen-bond acceptors (Lipinski definition) is 6. The van der Waals surface area contributed by atoms with E-state index in [-0.39, 0.29) is 37.5 Å². The van der Waals surface area contributed by atoms with Gasteiger partial charge < -0.3 is 14.2 Å². The van der Waals surface area contributed by atoms with E-state index in [1.165, 1.54) is 89.9 Å². The summed E-state index contributed by atoms with van der Waals surface area (Å²) in [5.74, 6) is -1.01. The van der Waals surface area contributed by atoms with Gasteiger partial charge >= 0.3 is 17.9 Å². The van der Waals surface area contributed by atoms with Gasteiger partial charge in [0.1, 0.15) is 13.2 Å². The lowest BCUT2D eigenvalue weighted by molar-refractivity contribution is -0.167. The molecule has 0 spiro atoms. The van der Waals surface area contributed by atoms with Crippen LogP contribution in [0.3, 0.4) is 0 Å². The molecular weight excluding hydrogens is 781 g/mol. The zero-order valence-corrected chi connectivity index (χ0v) is 40.8. The van der Waals surface area contributed by atoms with Crippen molar-refractivity contribution in [3.8, 4) is 0 Å². The first-order chi connectivity index (χ1) is 31.0. The van der Waals surface area contributed by atoms with Crippen LogP contribution in [-0.4, -0.2) is 37.2 Å². The smallest absolute Gasteiger partial charge is 0.306 e. The zero-order valence-electron chi connectivity index (χ0n) is 40.8. The van der Waals surface area contributed by atoms with Gasteiger partial charge in [0.25, 0.3) is 0 Å². The van der Waals surface area contributed by atoms with Crippen LogP contribution in [0.5, 0.6) is 0 Å². The fourth-order valence-electron chi connectivity index (χ4n) is 6.79. The van der Waals surface area contributed by atoms with Crippen molar-refractivity contribution >= 4 is 17.9 Å². The van der Waals surface area contributed by atoms with Gasteiger partial charge in [-0.1, -0.05) is 214 Å². The van der Waals surface area contributed by atoms with Crippen molar-refractivity contribution in [3.63, 3.8) is 0 Å². The first kappa shape index (κ1) is 59.3. The Kier molecular flexibility index (Phi) is 48.0. The number of rotatable bonds is 45. The highest BCUT2D eigenvalue weighted by Gasteiger charge is 2.19. The monoisotopic (exact) mass is 875 g/mol. The Morgan fingerprint density at radius 3 is 0.984 bits per heavy atom. The van der Waals surface area contributed by atoms with Crippen molar-refractivity contribution in [2.75, 3.05) is 13.2 Å².